The zero-order chi connectivity index (χ0) is 24.2. The molecule has 2 N–H and O–H groups in total. The number of carboxylic acids is 1. The molecule has 0 aliphatic heterocycles. The van der Waals surface area contributed by atoms with E-state index in [4.69, 9.17) is 7.85 Å². The molecule has 0 unspecified atom stereocenters. The van der Waals surface area contributed by atoms with Crippen LogP contribution in [0.15, 0.2) is 72.8 Å². The molecular weight excluding hydrogens is 423 g/mol. The number of aromatic nitrogens is 1. The Labute approximate surface area is 200 Å². The van der Waals surface area contributed by atoms with Crippen molar-refractivity contribution >= 4 is 36.1 Å². The van der Waals surface area contributed by atoms with E-state index in [-0.39, 0.29) is 12.3 Å². The molecule has 1 amide bonds. The molecule has 34 heavy (non-hydrogen) atoms. The Morgan fingerprint density at radius 3 is 2.32 bits per heavy atom. The molecule has 0 spiro atoms. The van der Waals surface area contributed by atoms with Crippen LogP contribution in [0.25, 0.3) is 10.9 Å². The van der Waals surface area contributed by atoms with Gasteiger partial charge in [0.05, 0.1) is 6.42 Å². The molecule has 6 heteroatoms. The molecule has 0 aliphatic rings. The minimum atomic E-state index is -1.00. The number of hydrogen-bond donors (Lipinski definition) is 2. The fraction of sp³-hybridized carbons (Fsp3) is 0.214. The second kappa shape index (κ2) is 10.00. The maximum absolute atomic E-state index is 13.5. The number of fused-ring (bicyclic) bond motifs is 1. The first-order valence-corrected chi connectivity index (χ1v) is 11.4. The largest absolute Gasteiger partial charge is 0.481 e. The van der Waals surface area contributed by atoms with Gasteiger partial charge in [-0.1, -0.05) is 86.0 Å². The van der Waals surface area contributed by atoms with Gasteiger partial charge in [0, 0.05) is 29.6 Å². The van der Waals surface area contributed by atoms with E-state index in [2.05, 4.69) is 43.4 Å². The molecular formula is C28H27BN2O3. The van der Waals surface area contributed by atoms with Crippen molar-refractivity contribution in [2.24, 2.45) is 0 Å². The Morgan fingerprint density at radius 2 is 1.68 bits per heavy atom. The minimum Gasteiger partial charge on any atom is -0.481 e. The van der Waals surface area contributed by atoms with Crippen molar-refractivity contribution in [1.29, 1.82) is 0 Å². The van der Waals surface area contributed by atoms with Gasteiger partial charge in [0.25, 0.3) is 5.91 Å². The molecule has 0 saturated heterocycles. The van der Waals surface area contributed by atoms with Crippen LogP contribution in [-0.4, -0.2) is 29.4 Å². The average Bonchev–Trinajstić information content (AvgIpc) is 3.10. The molecule has 170 valence electrons. The molecule has 1 aromatic heterocycles. The topological polar surface area (TPSA) is 71.3 Å². The normalized spacial score (nSPS) is 11.1. The van der Waals surface area contributed by atoms with Crippen LogP contribution in [0.2, 0.25) is 0 Å². The van der Waals surface area contributed by atoms with E-state index in [0.29, 0.717) is 41.1 Å². The lowest BCUT2D eigenvalue weighted by Gasteiger charge is -2.14. The second-order valence-electron chi connectivity index (χ2n) is 8.82. The summed E-state index contributed by atoms with van der Waals surface area (Å²) in [5, 5.41) is 13.3. The van der Waals surface area contributed by atoms with Crippen molar-refractivity contribution in [1.82, 2.24) is 9.88 Å². The van der Waals surface area contributed by atoms with E-state index in [1.807, 2.05) is 41.0 Å². The van der Waals surface area contributed by atoms with Crippen molar-refractivity contribution in [3.63, 3.8) is 0 Å². The first-order chi connectivity index (χ1) is 16.3. The molecule has 0 bridgehead atoms. The molecule has 0 atom stereocenters. The van der Waals surface area contributed by atoms with Gasteiger partial charge in [-0.2, -0.15) is 0 Å². The van der Waals surface area contributed by atoms with Crippen LogP contribution in [0, 0.1) is 0 Å². The number of rotatable bonds is 8. The Morgan fingerprint density at radius 1 is 0.971 bits per heavy atom. The predicted octanol–water partition coefficient (Wildman–Crippen LogP) is 4.16. The highest BCUT2D eigenvalue weighted by Gasteiger charge is 2.24. The van der Waals surface area contributed by atoms with Crippen LogP contribution in [0.4, 0.5) is 0 Å². The predicted molar refractivity (Wildman–Crippen MR) is 136 cm³/mol. The minimum absolute atomic E-state index is 0.271. The standard InChI is InChI=1S/C28H27BN2O3/c1-18(2)21-10-8-20(9-11-21)17-31-25-13-12-22(29)14-23(25)24(15-26(32)33)27(31)28(34)30-16-19-6-4-3-5-7-19/h3-14,18H,15-17H2,1-2H3,(H,30,34)(H,32,33). The number of carbonyl (C=O) groups is 2. The summed E-state index contributed by atoms with van der Waals surface area (Å²) in [6.45, 7) is 5.07. The zero-order valence-corrected chi connectivity index (χ0v) is 19.4. The second-order valence-corrected chi connectivity index (χ2v) is 8.82. The average molecular weight is 450 g/mol. The molecule has 2 radical (unpaired) electrons. The lowest BCUT2D eigenvalue weighted by molar-refractivity contribution is -0.136. The van der Waals surface area contributed by atoms with Gasteiger partial charge < -0.3 is 15.0 Å². The number of aliphatic carboxylic acids is 1. The number of hydrogen-bond acceptors (Lipinski definition) is 2. The quantitative estimate of drug-likeness (QED) is 0.396. The Bertz CT molecular complexity index is 1330. The van der Waals surface area contributed by atoms with Gasteiger partial charge in [-0.25, -0.2) is 0 Å². The Balaban J connectivity index is 1.79. The highest BCUT2D eigenvalue weighted by Crippen LogP contribution is 2.28. The highest BCUT2D eigenvalue weighted by atomic mass is 16.4. The van der Waals surface area contributed by atoms with Crippen molar-refractivity contribution < 1.29 is 14.7 Å². The summed E-state index contributed by atoms with van der Waals surface area (Å²) in [6.07, 6.45) is -0.271. The van der Waals surface area contributed by atoms with Gasteiger partial charge in [-0.3, -0.25) is 9.59 Å². The number of benzene rings is 3. The third kappa shape index (κ3) is 5.06. The molecule has 5 nitrogen and oxygen atoms in total. The van der Waals surface area contributed by atoms with Gasteiger partial charge >= 0.3 is 5.97 Å². The summed E-state index contributed by atoms with van der Waals surface area (Å²) in [5.74, 6) is -0.889. The number of carboxylic acid groups (broad SMARTS) is 1. The maximum Gasteiger partial charge on any atom is 0.307 e. The molecule has 1 heterocycles. The van der Waals surface area contributed by atoms with Crippen LogP contribution < -0.4 is 10.8 Å². The van der Waals surface area contributed by atoms with Gasteiger partial charge in [0.2, 0.25) is 0 Å². The van der Waals surface area contributed by atoms with Crippen LogP contribution in [0.1, 0.15) is 52.5 Å². The zero-order valence-electron chi connectivity index (χ0n) is 19.4. The van der Waals surface area contributed by atoms with Gasteiger partial charge in [-0.05, 0) is 28.7 Å². The molecule has 0 fully saturated rings. The van der Waals surface area contributed by atoms with Gasteiger partial charge in [0.15, 0.2) is 0 Å². The van der Waals surface area contributed by atoms with E-state index < -0.39 is 5.97 Å². The summed E-state index contributed by atoms with van der Waals surface area (Å²) in [6, 6.07) is 23.3. The molecule has 4 aromatic rings. The number of nitrogens with zero attached hydrogens (tertiary/aromatic N) is 1. The number of amides is 1. The summed E-state index contributed by atoms with van der Waals surface area (Å²) in [4.78, 5) is 25.2. The lowest BCUT2D eigenvalue weighted by Crippen LogP contribution is -2.27. The van der Waals surface area contributed by atoms with Crippen LogP contribution in [0.5, 0.6) is 0 Å². The van der Waals surface area contributed by atoms with Crippen molar-refractivity contribution in [2.45, 2.75) is 39.3 Å². The molecule has 0 aliphatic carbocycles. The molecule has 0 saturated carbocycles. The molecule has 4 rings (SSSR count). The summed E-state index contributed by atoms with van der Waals surface area (Å²) < 4.78 is 1.90. The summed E-state index contributed by atoms with van der Waals surface area (Å²) >= 11 is 0. The number of nitrogens with one attached hydrogen (secondary N) is 1. The lowest BCUT2D eigenvalue weighted by atomic mass is 9.93. The van der Waals surface area contributed by atoms with E-state index in [1.54, 1.807) is 12.1 Å². The monoisotopic (exact) mass is 450 g/mol. The van der Waals surface area contributed by atoms with E-state index in [9.17, 15) is 14.7 Å². The SMILES string of the molecule is [B]c1ccc2c(c1)c(CC(=O)O)c(C(=O)NCc1ccccc1)n2Cc1ccc(C(C)C)cc1. The highest BCUT2D eigenvalue weighted by molar-refractivity contribution is 6.33. The van der Waals surface area contributed by atoms with Crippen LogP contribution >= 0.6 is 0 Å². The summed E-state index contributed by atoms with van der Waals surface area (Å²) in [7, 11) is 6.03. The van der Waals surface area contributed by atoms with Gasteiger partial charge in [-0.15, -0.1) is 0 Å². The fourth-order valence-corrected chi connectivity index (χ4v) is 4.25. The fourth-order valence-electron chi connectivity index (χ4n) is 4.25. The van der Waals surface area contributed by atoms with Crippen molar-refractivity contribution in [2.75, 3.05) is 0 Å². The van der Waals surface area contributed by atoms with E-state index in [1.165, 1.54) is 5.56 Å². The van der Waals surface area contributed by atoms with E-state index in [0.717, 1.165) is 16.6 Å². The maximum atomic E-state index is 13.5. The van der Waals surface area contributed by atoms with Crippen LogP contribution in [-0.2, 0) is 24.3 Å². The van der Waals surface area contributed by atoms with Crippen molar-refractivity contribution in [3.05, 3.63) is 101 Å². The van der Waals surface area contributed by atoms with Gasteiger partial charge in [0.1, 0.15) is 13.5 Å². The third-order valence-corrected chi connectivity index (χ3v) is 6.02. The van der Waals surface area contributed by atoms with Crippen molar-refractivity contribution in [3.8, 4) is 0 Å². The Kier molecular flexibility index (Phi) is 6.87. The van der Waals surface area contributed by atoms with Crippen LogP contribution in [0.3, 0.4) is 0 Å². The smallest absolute Gasteiger partial charge is 0.307 e. The first-order valence-electron chi connectivity index (χ1n) is 11.4. The third-order valence-electron chi connectivity index (χ3n) is 6.02. The molecule has 3 aromatic carbocycles. The number of carbonyl (C=O) groups excluding carboxylic acids is 1. The summed E-state index contributed by atoms with van der Waals surface area (Å²) in [5.41, 5.74) is 5.35. The van der Waals surface area contributed by atoms with E-state index >= 15 is 0 Å². The first kappa shape index (κ1) is 23.4. The Hall–Kier alpha value is -3.80.